The fourth-order valence-electron chi connectivity index (χ4n) is 0.949. The van der Waals surface area contributed by atoms with E-state index in [1.165, 1.54) is 0 Å². The summed E-state index contributed by atoms with van der Waals surface area (Å²) in [6, 6.07) is 0. The summed E-state index contributed by atoms with van der Waals surface area (Å²) in [5.74, 6) is -5.50. The molecule has 0 saturated carbocycles. The molecule has 16 heavy (non-hydrogen) atoms. The first kappa shape index (κ1) is 13.6. The quantitative estimate of drug-likeness (QED) is 0.370. The Hall–Kier alpha value is -2.39. The molecule has 0 heterocycles. The molecule has 3 N–H and O–H groups in total. The minimum Gasteiger partial charge on any atom is -0.481 e. The summed E-state index contributed by atoms with van der Waals surface area (Å²) < 4.78 is 0. The van der Waals surface area contributed by atoms with Gasteiger partial charge in [0.05, 0.1) is 12.8 Å². The van der Waals surface area contributed by atoms with Crippen LogP contribution in [-0.2, 0) is 19.2 Å². The van der Waals surface area contributed by atoms with Gasteiger partial charge in [-0.1, -0.05) is 0 Å². The van der Waals surface area contributed by atoms with Crippen LogP contribution < -0.4 is 0 Å². The van der Waals surface area contributed by atoms with Crippen LogP contribution in [-0.4, -0.2) is 43.9 Å². The summed E-state index contributed by atoms with van der Waals surface area (Å²) in [4.78, 5) is 45.0. The van der Waals surface area contributed by atoms with E-state index in [0.717, 1.165) is 0 Å². The number of nitrogens with zero attached hydrogens (tertiary/aromatic N) is 1. The van der Waals surface area contributed by atoms with Crippen LogP contribution in [0.3, 0.4) is 0 Å². The van der Waals surface area contributed by atoms with Crippen molar-refractivity contribution in [3.8, 4) is 0 Å². The van der Waals surface area contributed by atoms with E-state index in [9.17, 15) is 24.5 Å². The summed E-state index contributed by atoms with van der Waals surface area (Å²) in [5.41, 5.74) is -2.92. The molecule has 0 aliphatic heterocycles. The molecule has 0 fully saturated rings. The maximum Gasteiger partial charge on any atom is 0.337 e. The lowest BCUT2D eigenvalue weighted by Crippen LogP contribution is -2.46. The van der Waals surface area contributed by atoms with Crippen LogP contribution in [0.2, 0.25) is 0 Å². The molecule has 90 valence electrons. The van der Waals surface area contributed by atoms with E-state index in [1.807, 2.05) is 0 Å². The van der Waals surface area contributed by atoms with E-state index in [2.05, 4.69) is 4.84 Å². The van der Waals surface area contributed by atoms with Crippen molar-refractivity contribution < 1.29 is 39.6 Å². The first-order valence-corrected chi connectivity index (χ1v) is 3.70. The SMILES string of the molecule is O=C(O)CC(CC(=O)O)(O[N+](=O)[O-])C(=O)O. The van der Waals surface area contributed by atoms with Crippen LogP contribution in [0.1, 0.15) is 12.8 Å². The van der Waals surface area contributed by atoms with Crippen molar-refractivity contribution in [3.63, 3.8) is 0 Å². The Labute approximate surface area is 87.2 Å². The maximum absolute atomic E-state index is 10.7. The van der Waals surface area contributed by atoms with Gasteiger partial charge in [0.1, 0.15) is 0 Å². The lowest BCUT2D eigenvalue weighted by atomic mass is 9.96. The molecule has 10 nitrogen and oxygen atoms in total. The largest absolute Gasteiger partial charge is 0.481 e. The standard InChI is InChI=1S/C6H7NO9/c8-3(9)1-6(5(12)13,2-4(10)11)16-7(14)15/h1-2H2,(H,8,9)(H,10,11)(H,12,13). The van der Waals surface area contributed by atoms with E-state index in [4.69, 9.17) is 15.3 Å². The van der Waals surface area contributed by atoms with Gasteiger partial charge < -0.3 is 15.3 Å². The molecule has 0 aromatic carbocycles. The molecule has 10 heteroatoms. The van der Waals surface area contributed by atoms with Crippen LogP contribution in [0.25, 0.3) is 0 Å². The second-order valence-corrected chi connectivity index (χ2v) is 2.76. The summed E-state index contributed by atoms with van der Waals surface area (Å²) in [7, 11) is 0. The highest BCUT2D eigenvalue weighted by Crippen LogP contribution is 2.22. The number of hydrogen-bond donors (Lipinski definition) is 3. The van der Waals surface area contributed by atoms with Crippen molar-refractivity contribution >= 4 is 17.9 Å². The highest BCUT2D eigenvalue weighted by Gasteiger charge is 2.47. The molecule has 0 spiro atoms. The summed E-state index contributed by atoms with van der Waals surface area (Å²) in [5, 5.41) is 33.8. The highest BCUT2D eigenvalue weighted by atomic mass is 17.0. The molecular formula is C6H7NO9. The number of carboxylic acid groups (broad SMARTS) is 3. The van der Waals surface area contributed by atoms with Gasteiger partial charge >= 0.3 is 17.9 Å². The third kappa shape index (κ3) is 3.77. The lowest BCUT2D eigenvalue weighted by molar-refractivity contribution is -0.776. The Morgan fingerprint density at radius 1 is 1.12 bits per heavy atom. The van der Waals surface area contributed by atoms with Gasteiger partial charge in [-0.15, -0.1) is 10.1 Å². The molecule has 0 bridgehead atoms. The molecule has 0 aromatic rings. The van der Waals surface area contributed by atoms with E-state index in [-0.39, 0.29) is 0 Å². The minimum atomic E-state index is -2.92. The number of hydrogen-bond acceptors (Lipinski definition) is 6. The van der Waals surface area contributed by atoms with Gasteiger partial charge in [-0.3, -0.25) is 14.4 Å². The third-order valence-electron chi connectivity index (χ3n) is 1.51. The fraction of sp³-hybridized carbons (Fsp3) is 0.500. The minimum absolute atomic E-state index is 1.34. The number of rotatable bonds is 7. The normalized spacial score (nSPS) is 10.5. The Morgan fingerprint density at radius 3 is 1.69 bits per heavy atom. The Kier molecular flexibility index (Phi) is 4.17. The van der Waals surface area contributed by atoms with E-state index >= 15 is 0 Å². The molecule has 0 amide bonds. The van der Waals surface area contributed by atoms with Crippen LogP contribution in [0.15, 0.2) is 0 Å². The van der Waals surface area contributed by atoms with Crippen LogP contribution >= 0.6 is 0 Å². The predicted octanol–water partition coefficient (Wildman–Crippen LogP) is -1.03. The summed E-state index contributed by atoms with van der Waals surface area (Å²) >= 11 is 0. The molecule has 0 aliphatic rings. The van der Waals surface area contributed by atoms with Crippen molar-refractivity contribution in [2.45, 2.75) is 18.4 Å². The fourth-order valence-corrected chi connectivity index (χ4v) is 0.949. The number of carboxylic acids is 3. The van der Waals surface area contributed by atoms with Crippen molar-refractivity contribution in [2.75, 3.05) is 0 Å². The first-order chi connectivity index (χ1) is 7.19. The zero-order chi connectivity index (χ0) is 12.9. The van der Waals surface area contributed by atoms with Crippen molar-refractivity contribution in [1.29, 1.82) is 0 Å². The van der Waals surface area contributed by atoms with Gasteiger partial charge in [-0.25, -0.2) is 4.79 Å². The second-order valence-electron chi connectivity index (χ2n) is 2.76. The van der Waals surface area contributed by atoms with Gasteiger partial charge in [0.25, 0.3) is 5.09 Å². The average molecular weight is 237 g/mol. The Morgan fingerprint density at radius 2 is 1.50 bits per heavy atom. The number of carbonyl (C=O) groups is 3. The van der Waals surface area contributed by atoms with Crippen LogP contribution in [0.5, 0.6) is 0 Å². The second kappa shape index (κ2) is 4.91. The molecule has 0 aliphatic carbocycles. The molecule has 0 saturated heterocycles. The molecular weight excluding hydrogens is 230 g/mol. The molecule has 0 atom stereocenters. The summed E-state index contributed by atoms with van der Waals surface area (Å²) in [6.45, 7) is 0. The Bertz CT molecular complexity index is 294. The van der Waals surface area contributed by atoms with Gasteiger partial charge in [0.15, 0.2) is 0 Å². The third-order valence-corrected chi connectivity index (χ3v) is 1.51. The number of aliphatic carboxylic acids is 3. The first-order valence-electron chi connectivity index (χ1n) is 3.70. The molecule has 0 radical (unpaired) electrons. The maximum atomic E-state index is 10.7. The van der Waals surface area contributed by atoms with E-state index in [1.54, 1.807) is 0 Å². The average Bonchev–Trinajstić information content (AvgIpc) is 1.98. The molecule has 0 aromatic heterocycles. The van der Waals surface area contributed by atoms with Crippen molar-refractivity contribution in [3.05, 3.63) is 10.1 Å². The van der Waals surface area contributed by atoms with Crippen molar-refractivity contribution in [2.24, 2.45) is 0 Å². The molecule has 0 rings (SSSR count). The smallest absolute Gasteiger partial charge is 0.337 e. The predicted molar refractivity (Wildman–Crippen MR) is 43.0 cm³/mol. The zero-order valence-corrected chi connectivity index (χ0v) is 7.65. The van der Waals surface area contributed by atoms with E-state index in [0.29, 0.717) is 0 Å². The lowest BCUT2D eigenvalue weighted by Gasteiger charge is -2.22. The molecule has 0 unspecified atom stereocenters. The van der Waals surface area contributed by atoms with Gasteiger partial charge in [0.2, 0.25) is 5.60 Å². The van der Waals surface area contributed by atoms with Crippen molar-refractivity contribution in [1.82, 2.24) is 0 Å². The zero-order valence-electron chi connectivity index (χ0n) is 7.65. The van der Waals surface area contributed by atoms with Gasteiger partial charge in [-0.2, -0.15) is 0 Å². The van der Waals surface area contributed by atoms with Gasteiger partial charge in [0, 0.05) is 0 Å². The van der Waals surface area contributed by atoms with Gasteiger partial charge in [-0.05, 0) is 0 Å². The highest BCUT2D eigenvalue weighted by molar-refractivity contribution is 5.88. The van der Waals surface area contributed by atoms with Crippen LogP contribution in [0, 0.1) is 10.1 Å². The Balaban J connectivity index is 5.19. The summed E-state index contributed by atoms with van der Waals surface area (Å²) in [6.07, 6.45) is -2.68. The van der Waals surface area contributed by atoms with Crippen LogP contribution in [0.4, 0.5) is 0 Å². The monoisotopic (exact) mass is 237 g/mol. The van der Waals surface area contributed by atoms with E-state index < -0.39 is 41.4 Å². The topological polar surface area (TPSA) is 164 Å².